The van der Waals surface area contributed by atoms with E-state index in [1.807, 2.05) is 18.2 Å². The molecule has 1 aliphatic heterocycles. The number of rotatable bonds is 4. The fourth-order valence-electron chi connectivity index (χ4n) is 3.41. The third kappa shape index (κ3) is 4.21. The van der Waals surface area contributed by atoms with Gasteiger partial charge in [-0.15, -0.1) is 0 Å². The van der Waals surface area contributed by atoms with Crippen molar-refractivity contribution in [3.05, 3.63) is 58.1 Å². The number of nitrogens with one attached hydrogen (secondary N) is 1. The van der Waals surface area contributed by atoms with Crippen LogP contribution in [0.1, 0.15) is 15.9 Å². The second kappa shape index (κ2) is 8.39. The van der Waals surface area contributed by atoms with Crippen LogP contribution in [0.3, 0.4) is 0 Å². The summed E-state index contributed by atoms with van der Waals surface area (Å²) in [6, 6.07) is 13.2. The van der Waals surface area contributed by atoms with E-state index >= 15 is 0 Å². The Bertz CT molecular complexity index is 1060. The summed E-state index contributed by atoms with van der Waals surface area (Å²) >= 11 is 3.40. The van der Waals surface area contributed by atoms with Crippen molar-refractivity contribution in [1.29, 1.82) is 0 Å². The standard InChI is InChI=1S/C22H22BrN3O3/c1-14-11-21(26-7-9-29-10-8-26)25-19-6-4-16(13-17(14)19)24-22(27)15-3-5-18(23)20(12-15)28-2/h3-6,11-13H,7-10H2,1-2H3,(H,24,27). The lowest BCUT2D eigenvalue weighted by molar-refractivity contribution is 0.102. The van der Waals surface area contributed by atoms with Gasteiger partial charge in [-0.1, -0.05) is 0 Å². The van der Waals surface area contributed by atoms with Gasteiger partial charge in [0.2, 0.25) is 0 Å². The van der Waals surface area contributed by atoms with Gasteiger partial charge in [0.25, 0.3) is 5.91 Å². The van der Waals surface area contributed by atoms with Gasteiger partial charge in [0.05, 0.1) is 30.3 Å². The highest BCUT2D eigenvalue weighted by molar-refractivity contribution is 9.10. The minimum Gasteiger partial charge on any atom is -0.496 e. The topological polar surface area (TPSA) is 63.7 Å². The highest BCUT2D eigenvalue weighted by Gasteiger charge is 2.15. The smallest absolute Gasteiger partial charge is 0.255 e. The largest absolute Gasteiger partial charge is 0.496 e. The summed E-state index contributed by atoms with van der Waals surface area (Å²) in [5, 5.41) is 3.98. The number of aryl methyl sites for hydroxylation is 1. The van der Waals surface area contributed by atoms with Gasteiger partial charge >= 0.3 is 0 Å². The van der Waals surface area contributed by atoms with Crippen molar-refractivity contribution in [2.45, 2.75) is 6.92 Å². The zero-order valence-corrected chi connectivity index (χ0v) is 18.0. The van der Waals surface area contributed by atoms with Gasteiger partial charge in [-0.25, -0.2) is 4.98 Å². The van der Waals surface area contributed by atoms with Crippen LogP contribution in [0, 0.1) is 6.92 Å². The van der Waals surface area contributed by atoms with Crippen LogP contribution >= 0.6 is 15.9 Å². The number of pyridine rings is 1. The number of halogens is 1. The fraction of sp³-hybridized carbons (Fsp3) is 0.273. The molecule has 0 bridgehead atoms. The second-order valence-corrected chi connectivity index (χ2v) is 7.79. The molecule has 6 nitrogen and oxygen atoms in total. The minimum absolute atomic E-state index is 0.189. The van der Waals surface area contributed by atoms with Crippen LogP contribution in [0.5, 0.6) is 5.75 Å². The van der Waals surface area contributed by atoms with Crippen LogP contribution < -0.4 is 15.0 Å². The van der Waals surface area contributed by atoms with E-state index in [0.717, 1.165) is 58.7 Å². The van der Waals surface area contributed by atoms with E-state index < -0.39 is 0 Å². The number of ether oxygens (including phenoxy) is 2. The van der Waals surface area contributed by atoms with Crippen LogP contribution in [-0.4, -0.2) is 44.3 Å². The van der Waals surface area contributed by atoms with Crippen molar-refractivity contribution in [3.8, 4) is 5.75 Å². The van der Waals surface area contributed by atoms with E-state index in [9.17, 15) is 4.79 Å². The number of benzene rings is 2. The molecule has 2 aromatic carbocycles. The molecule has 0 spiro atoms. The normalized spacial score (nSPS) is 14.1. The lowest BCUT2D eigenvalue weighted by atomic mass is 10.1. The van der Waals surface area contributed by atoms with Gasteiger partial charge < -0.3 is 19.7 Å². The average molecular weight is 456 g/mol. The zero-order chi connectivity index (χ0) is 20.4. The van der Waals surface area contributed by atoms with Crippen LogP contribution in [0.2, 0.25) is 0 Å². The second-order valence-electron chi connectivity index (χ2n) is 6.93. The van der Waals surface area contributed by atoms with Crippen molar-refractivity contribution in [2.24, 2.45) is 0 Å². The fourth-order valence-corrected chi connectivity index (χ4v) is 3.82. The Morgan fingerprint density at radius 1 is 1.17 bits per heavy atom. The van der Waals surface area contributed by atoms with E-state index in [1.165, 1.54) is 0 Å². The monoisotopic (exact) mass is 455 g/mol. The maximum absolute atomic E-state index is 12.7. The lowest BCUT2D eigenvalue weighted by Gasteiger charge is -2.28. The average Bonchev–Trinajstić information content (AvgIpc) is 2.75. The third-order valence-electron chi connectivity index (χ3n) is 5.01. The van der Waals surface area contributed by atoms with Crippen molar-refractivity contribution in [3.63, 3.8) is 0 Å². The molecule has 0 atom stereocenters. The Morgan fingerprint density at radius 3 is 2.72 bits per heavy atom. The quantitative estimate of drug-likeness (QED) is 0.631. The molecular formula is C22H22BrN3O3. The maximum atomic E-state index is 12.7. The molecule has 0 radical (unpaired) electrons. The Kier molecular flexibility index (Phi) is 5.69. The summed E-state index contributed by atoms with van der Waals surface area (Å²) in [6.07, 6.45) is 0. The van der Waals surface area contributed by atoms with Gasteiger partial charge in [-0.05, 0) is 70.9 Å². The molecule has 150 valence electrons. The van der Waals surface area contributed by atoms with Gasteiger partial charge in [-0.2, -0.15) is 0 Å². The molecule has 4 rings (SSSR count). The first-order valence-corrected chi connectivity index (χ1v) is 10.2. The first-order chi connectivity index (χ1) is 14.0. The van der Waals surface area contributed by atoms with Crippen LogP contribution in [0.15, 0.2) is 46.9 Å². The van der Waals surface area contributed by atoms with E-state index in [1.54, 1.807) is 25.3 Å². The number of fused-ring (bicyclic) bond motifs is 1. The summed E-state index contributed by atoms with van der Waals surface area (Å²) in [7, 11) is 1.58. The molecule has 1 fully saturated rings. The molecular weight excluding hydrogens is 434 g/mol. The summed E-state index contributed by atoms with van der Waals surface area (Å²) < 4.78 is 11.5. The first-order valence-electron chi connectivity index (χ1n) is 9.44. The third-order valence-corrected chi connectivity index (χ3v) is 5.66. The van der Waals surface area contributed by atoms with E-state index in [-0.39, 0.29) is 5.91 Å². The summed E-state index contributed by atoms with van der Waals surface area (Å²) in [6.45, 7) is 5.22. The molecule has 1 N–H and O–H groups in total. The summed E-state index contributed by atoms with van der Waals surface area (Å²) in [5.41, 5.74) is 3.30. The van der Waals surface area contributed by atoms with Crippen molar-refractivity contribution in [2.75, 3.05) is 43.6 Å². The SMILES string of the molecule is COc1cc(C(=O)Nc2ccc3nc(N4CCOCC4)cc(C)c3c2)ccc1Br. The molecule has 29 heavy (non-hydrogen) atoms. The van der Waals surface area contributed by atoms with Crippen molar-refractivity contribution < 1.29 is 14.3 Å². The number of nitrogens with zero attached hydrogens (tertiary/aromatic N) is 2. The molecule has 1 amide bonds. The molecule has 1 aliphatic rings. The molecule has 0 aliphatic carbocycles. The van der Waals surface area contributed by atoms with Crippen LogP contribution in [-0.2, 0) is 4.74 Å². The molecule has 0 unspecified atom stereocenters. The van der Waals surface area contributed by atoms with E-state index in [0.29, 0.717) is 11.3 Å². The number of anilines is 2. The predicted octanol–water partition coefficient (Wildman–Crippen LogP) is 4.40. The Hall–Kier alpha value is -2.64. The van der Waals surface area contributed by atoms with Crippen LogP contribution in [0.25, 0.3) is 10.9 Å². The Labute approximate surface area is 178 Å². The predicted molar refractivity (Wildman–Crippen MR) is 118 cm³/mol. The zero-order valence-electron chi connectivity index (χ0n) is 16.4. The van der Waals surface area contributed by atoms with Gasteiger partial charge in [0.15, 0.2) is 0 Å². The lowest BCUT2D eigenvalue weighted by Crippen LogP contribution is -2.36. The number of hydrogen-bond donors (Lipinski definition) is 1. The molecule has 1 saturated heterocycles. The number of morpholine rings is 1. The highest BCUT2D eigenvalue weighted by atomic mass is 79.9. The van der Waals surface area contributed by atoms with Crippen molar-refractivity contribution >= 4 is 44.2 Å². The van der Waals surface area contributed by atoms with Gasteiger partial charge in [0, 0.05) is 29.7 Å². The van der Waals surface area contributed by atoms with Gasteiger partial charge in [-0.3, -0.25) is 4.79 Å². The number of hydrogen-bond acceptors (Lipinski definition) is 5. The number of carbonyl (C=O) groups is 1. The number of amides is 1. The number of methoxy groups -OCH3 is 1. The molecule has 3 aromatic rings. The summed E-state index contributed by atoms with van der Waals surface area (Å²) in [5.74, 6) is 1.40. The molecule has 1 aromatic heterocycles. The maximum Gasteiger partial charge on any atom is 0.255 e. The molecule has 0 saturated carbocycles. The minimum atomic E-state index is -0.189. The Balaban J connectivity index is 1.58. The first kappa shape index (κ1) is 19.7. The van der Waals surface area contributed by atoms with Crippen molar-refractivity contribution in [1.82, 2.24) is 4.98 Å². The number of carbonyl (C=O) groups excluding carboxylic acids is 1. The van der Waals surface area contributed by atoms with E-state index in [4.69, 9.17) is 14.5 Å². The molecule has 7 heteroatoms. The summed E-state index contributed by atoms with van der Waals surface area (Å²) in [4.78, 5) is 19.7. The van der Waals surface area contributed by atoms with E-state index in [2.05, 4.69) is 39.1 Å². The Morgan fingerprint density at radius 2 is 1.97 bits per heavy atom. The van der Waals surface area contributed by atoms with Gasteiger partial charge in [0.1, 0.15) is 11.6 Å². The molecule has 2 heterocycles. The number of aromatic nitrogens is 1. The highest BCUT2D eigenvalue weighted by Crippen LogP contribution is 2.28. The van der Waals surface area contributed by atoms with Crippen LogP contribution in [0.4, 0.5) is 11.5 Å².